The summed E-state index contributed by atoms with van der Waals surface area (Å²) in [4.78, 5) is 8.10. The molecule has 0 aliphatic heterocycles. The molecule has 1 heterocycles. The monoisotopic (exact) mass is 197 g/mol. The van der Waals surface area contributed by atoms with Crippen LogP contribution in [-0.2, 0) is 6.54 Å². The molecule has 0 aliphatic rings. The van der Waals surface area contributed by atoms with Gasteiger partial charge in [-0.05, 0) is 13.8 Å². The summed E-state index contributed by atoms with van der Waals surface area (Å²) in [7, 11) is 0. The molecule has 0 aromatic carbocycles. The molecule has 0 amide bonds. The number of oxazole rings is 1. The van der Waals surface area contributed by atoms with Crippen molar-refractivity contribution in [2.45, 2.75) is 26.4 Å². The fraction of sp³-hybridized carbons (Fsp3) is 0.500. The Kier molecular flexibility index (Phi) is 3.93. The molecule has 0 bridgehead atoms. The van der Waals surface area contributed by atoms with Crippen LogP contribution in [0.4, 0.5) is 0 Å². The second-order valence-corrected chi connectivity index (χ2v) is 3.09. The Morgan fingerprint density at radius 3 is 3.00 bits per heavy atom. The average molecular weight is 197 g/mol. The molecular weight excluding hydrogens is 182 g/mol. The number of nitrogens with zero attached hydrogens (tertiary/aromatic N) is 2. The van der Waals surface area contributed by atoms with Gasteiger partial charge in [-0.3, -0.25) is 5.43 Å². The van der Waals surface area contributed by atoms with Crippen LogP contribution in [0.3, 0.4) is 0 Å². The standard InChI is InChI=1S/C8H15N5O/c1-6(2)12-8(13-9)10-3-7-4-14-5-11-7/h4-6H,3,9H2,1-2H3,(H2,10,12,13). The SMILES string of the molecule is CC(C)NC(=NCc1cocn1)NN. The number of aliphatic imine (C=N–C) groups is 1. The Bertz CT molecular complexity index is 280. The van der Waals surface area contributed by atoms with Gasteiger partial charge in [0, 0.05) is 6.04 Å². The fourth-order valence-electron chi connectivity index (χ4n) is 0.882. The van der Waals surface area contributed by atoms with Crippen LogP contribution in [0.1, 0.15) is 19.5 Å². The van der Waals surface area contributed by atoms with E-state index < -0.39 is 0 Å². The second kappa shape index (κ2) is 5.23. The van der Waals surface area contributed by atoms with Gasteiger partial charge in [0.15, 0.2) is 6.39 Å². The largest absolute Gasteiger partial charge is 0.451 e. The molecule has 1 aromatic heterocycles. The van der Waals surface area contributed by atoms with Crippen LogP contribution < -0.4 is 16.6 Å². The number of guanidine groups is 1. The molecular formula is C8H15N5O. The summed E-state index contributed by atoms with van der Waals surface area (Å²) < 4.78 is 4.81. The van der Waals surface area contributed by atoms with E-state index in [2.05, 4.69) is 20.7 Å². The van der Waals surface area contributed by atoms with Crippen LogP contribution in [0.2, 0.25) is 0 Å². The summed E-state index contributed by atoms with van der Waals surface area (Å²) in [6, 6.07) is 0.280. The number of hydrazine groups is 1. The maximum Gasteiger partial charge on any atom is 0.206 e. The molecule has 0 radical (unpaired) electrons. The molecule has 78 valence electrons. The van der Waals surface area contributed by atoms with Gasteiger partial charge < -0.3 is 9.73 Å². The first kappa shape index (κ1) is 10.5. The van der Waals surface area contributed by atoms with E-state index in [1.165, 1.54) is 6.39 Å². The van der Waals surface area contributed by atoms with Crippen molar-refractivity contribution >= 4 is 5.96 Å². The summed E-state index contributed by atoms with van der Waals surface area (Å²) in [6.45, 7) is 4.45. The highest BCUT2D eigenvalue weighted by atomic mass is 16.3. The van der Waals surface area contributed by atoms with Gasteiger partial charge in [0.05, 0.1) is 6.54 Å². The lowest BCUT2D eigenvalue weighted by Gasteiger charge is -2.11. The van der Waals surface area contributed by atoms with Gasteiger partial charge in [-0.25, -0.2) is 15.8 Å². The van der Waals surface area contributed by atoms with Crippen LogP contribution in [0, 0.1) is 0 Å². The summed E-state index contributed by atoms with van der Waals surface area (Å²) in [5.41, 5.74) is 3.24. The minimum absolute atomic E-state index is 0.280. The summed E-state index contributed by atoms with van der Waals surface area (Å²) in [5.74, 6) is 5.82. The van der Waals surface area contributed by atoms with E-state index >= 15 is 0 Å². The first-order valence-electron chi connectivity index (χ1n) is 4.37. The Hall–Kier alpha value is -1.56. The van der Waals surface area contributed by atoms with E-state index in [0.29, 0.717) is 12.5 Å². The Balaban J connectivity index is 2.48. The van der Waals surface area contributed by atoms with Crippen molar-refractivity contribution in [3.8, 4) is 0 Å². The summed E-state index contributed by atoms with van der Waals surface area (Å²) >= 11 is 0. The van der Waals surface area contributed by atoms with Crippen molar-refractivity contribution in [3.05, 3.63) is 18.4 Å². The van der Waals surface area contributed by atoms with Crippen molar-refractivity contribution in [3.63, 3.8) is 0 Å². The minimum atomic E-state index is 0.280. The van der Waals surface area contributed by atoms with E-state index in [-0.39, 0.29) is 6.04 Å². The smallest absolute Gasteiger partial charge is 0.206 e. The zero-order chi connectivity index (χ0) is 10.4. The first-order valence-corrected chi connectivity index (χ1v) is 4.37. The van der Waals surface area contributed by atoms with Gasteiger partial charge in [0.1, 0.15) is 12.0 Å². The van der Waals surface area contributed by atoms with Crippen LogP contribution >= 0.6 is 0 Å². The lowest BCUT2D eigenvalue weighted by atomic mass is 10.4. The molecule has 0 saturated heterocycles. The molecule has 0 saturated carbocycles. The van der Waals surface area contributed by atoms with Crippen molar-refractivity contribution in [2.75, 3.05) is 0 Å². The molecule has 0 fully saturated rings. The molecule has 1 aromatic rings. The molecule has 0 atom stereocenters. The van der Waals surface area contributed by atoms with Crippen molar-refractivity contribution in [2.24, 2.45) is 10.8 Å². The van der Waals surface area contributed by atoms with Gasteiger partial charge in [-0.1, -0.05) is 0 Å². The molecule has 0 unspecified atom stereocenters. The number of hydrogen-bond acceptors (Lipinski definition) is 4. The van der Waals surface area contributed by atoms with Crippen LogP contribution in [0.5, 0.6) is 0 Å². The van der Waals surface area contributed by atoms with Crippen molar-refractivity contribution < 1.29 is 4.42 Å². The zero-order valence-corrected chi connectivity index (χ0v) is 8.32. The van der Waals surface area contributed by atoms with Gasteiger partial charge in [0.2, 0.25) is 5.96 Å². The third-order valence-corrected chi connectivity index (χ3v) is 1.44. The Morgan fingerprint density at radius 2 is 2.50 bits per heavy atom. The molecule has 6 heteroatoms. The summed E-state index contributed by atoms with van der Waals surface area (Å²) in [6.07, 6.45) is 2.92. The van der Waals surface area contributed by atoms with E-state index in [9.17, 15) is 0 Å². The van der Waals surface area contributed by atoms with Gasteiger partial charge in [0.25, 0.3) is 0 Å². The van der Waals surface area contributed by atoms with Gasteiger partial charge in [-0.15, -0.1) is 0 Å². The van der Waals surface area contributed by atoms with E-state index in [1.807, 2.05) is 13.8 Å². The topological polar surface area (TPSA) is 88.5 Å². The minimum Gasteiger partial charge on any atom is -0.451 e. The number of hydrogen-bond donors (Lipinski definition) is 3. The predicted molar refractivity (Wildman–Crippen MR) is 53.2 cm³/mol. The van der Waals surface area contributed by atoms with Crippen LogP contribution in [-0.4, -0.2) is 17.0 Å². The van der Waals surface area contributed by atoms with Crippen molar-refractivity contribution in [1.29, 1.82) is 0 Å². The maximum absolute atomic E-state index is 5.27. The third-order valence-electron chi connectivity index (χ3n) is 1.44. The van der Waals surface area contributed by atoms with Crippen molar-refractivity contribution in [1.82, 2.24) is 15.7 Å². The van der Waals surface area contributed by atoms with Gasteiger partial charge in [-0.2, -0.15) is 0 Å². The number of nitrogens with one attached hydrogen (secondary N) is 2. The second-order valence-electron chi connectivity index (χ2n) is 3.09. The Labute approximate surface area is 82.6 Å². The molecule has 0 aliphatic carbocycles. The lowest BCUT2D eigenvalue weighted by molar-refractivity contribution is 0.556. The Morgan fingerprint density at radius 1 is 1.71 bits per heavy atom. The molecule has 1 rings (SSSR count). The van der Waals surface area contributed by atoms with Crippen LogP contribution in [0.25, 0.3) is 0 Å². The van der Waals surface area contributed by atoms with Gasteiger partial charge >= 0.3 is 0 Å². The zero-order valence-electron chi connectivity index (χ0n) is 8.32. The third kappa shape index (κ3) is 3.44. The normalized spacial score (nSPS) is 11.9. The van der Waals surface area contributed by atoms with E-state index in [0.717, 1.165) is 5.69 Å². The maximum atomic E-state index is 5.27. The highest BCUT2D eigenvalue weighted by Gasteiger charge is 1.99. The average Bonchev–Trinajstić information content (AvgIpc) is 2.64. The van der Waals surface area contributed by atoms with E-state index in [4.69, 9.17) is 10.3 Å². The molecule has 14 heavy (non-hydrogen) atoms. The number of nitrogens with two attached hydrogens (primary N) is 1. The first-order chi connectivity index (χ1) is 6.72. The lowest BCUT2D eigenvalue weighted by Crippen LogP contribution is -2.44. The molecule has 6 nitrogen and oxygen atoms in total. The quantitative estimate of drug-likeness (QED) is 0.274. The highest BCUT2D eigenvalue weighted by Crippen LogP contribution is 1.95. The fourth-order valence-corrected chi connectivity index (χ4v) is 0.882. The summed E-state index contributed by atoms with van der Waals surface area (Å²) in [5, 5.41) is 3.05. The predicted octanol–water partition coefficient (Wildman–Crippen LogP) is -0.00810. The highest BCUT2D eigenvalue weighted by molar-refractivity contribution is 5.79. The number of aromatic nitrogens is 1. The molecule has 0 spiro atoms. The number of rotatable bonds is 3. The molecule has 4 N–H and O–H groups in total. The van der Waals surface area contributed by atoms with E-state index in [1.54, 1.807) is 6.26 Å². The van der Waals surface area contributed by atoms with Crippen LogP contribution in [0.15, 0.2) is 22.1 Å².